The normalized spacial score (nSPS) is 10.7. The molecule has 0 aliphatic heterocycles. The third kappa shape index (κ3) is 4.73. The van der Waals surface area contributed by atoms with Gasteiger partial charge in [-0.1, -0.05) is 19.1 Å². The Bertz CT molecular complexity index is 315. The van der Waals surface area contributed by atoms with Crippen LogP contribution in [-0.4, -0.2) is 26.3 Å². The summed E-state index contributed by atoms with van der Waals surface area (Å²) in [6.45, 7) is 7.14. The van der Waals surface area contributed by atoms with Crippen LogP contribution in [0.2, 0.25) is 0 Å². The highest BCUT2D eigenvalue weighted by Gasteiger charge is 1.98. The third-order valence-electron chi connectivity index (χ3n) is 2.43. The molecule has 2 nitrogen and oxygen atoms in total. The summed E-state index contributed by atoms with van der Waals surface area (Å²) in [6, 6.07) is 5.21. The van der Waals surface area contributed by atoms with Crippen molar-refractivity contribution in [3.63, 3.8) is 0 Å². The molecule has 1 aromatic carbocycles. The molecule has 0 spiro atoms. The molecule has 0 atom stereocenters. The lowest BCUT2D eigenvalue weighted by molar-refractivity contribution is 0.139. The molecular formula is C13H20FNO. The SMILES string of the molecule is CCNCCOCCc1ccc(F)c(C)c1. The summed E-state index contributed by atoms with van der Waals surface area (Å²) in [6.07, 6.45) is 0.841. The van der Waals surface area contributed by atoms with E-state index in [1.165, 1.54) is 6.07 Å². The van der Waals surface area contributed by atoms with Gasteiger partial charge >= 0.3 is 0 Å². The zero-order chi connectivity index (χ0) is 11.8. The topological polar surface area (TPSA) is 21.3 Å². The van der Waals surface area contributed by atoms with Gasteiger partial charge in [0.1, 0.15) is 5.82 Å². The average molecular weight is 225 g/mol. The molecule has 16 heavy (non-hydrogen) atoms. The van der Waals surface area contributed by atoms with Gasteiger partial charge in [-0.25, -0.2) is 4.39 Å². The van der Waals surface area contributed by atoms with E-state index in [1.54, 1.807) is 6.92 Å². The minimum absolute atomic E-state index is 0.142. The summed E-state index contributed by atoms with van der Waals surface area (Å²) in [5.41, 5.74) is 1.83. The molecule has 90 valence electrons. The number of halogens is 1. The number of ether oxygens (including phenoxy) is 1. The molecule has 0 bridgehead atoms. The maximum absolute atomic E-state index is 13.0. The first-order valence-electron chi connectivity index (χ1n) is 5.77. The Labute approximate surface area is 96.8 Å². The molecule has 0 aromatic heterocycles. The van der Waals surface area contributed by atoms with Crippen LogP contribution < -0.4 is 5.32 Å². The van der Waals surface area contributed by atoms with Crippen LogP contribution in [0.15, 0.2) is 18.2 Å². The molecule has 1 N–H and O–H groups in total. The van der Waals surface area contributed by atoms with E-state index in [2.05, 4.69) is 12.2 Å². The fourth-order valence-corrected chi connectivity index (χ4v) is 1.48. The Hall–Kier alpha value is -0.930. The molecular weight excluding hydrogens is 205 g/mol. The number of benzene rings is 1. The molecule has 0 radical (unpaired) electrons. The minimum Gasteiger partial charge on any atom is -0.380 e. The monoisotopic (exact) mass is 225 g/mol. The predicted octanol–water partition coefficient (Wildman–Crippen LogP) is 2.30. The van der Waals surface area contributed by atoms with Crippen molar-refractivity contribution in [2.24, 2.45) is 0 Å². The number of rotatable bonds is 7. The lowest BCUT2D eigenvalue weighted by Gasteiger charge is -2.06. The third-order valence-corrected chi connectivity index (χ3v) is 2.43. The Morgan fingerprint density at radius 1 is 1.31 bits per heavy atom. The van der Waals surface area contributed by atoms with E-state index >= 15 is 0 Å². The lowest BCUT2D eigenvalue weighted by atomic mass is 10.1. The van der Waals surface area contributed by atoms with Crippen molar-refractivity contribution in [1.29, 1.82) is 0 Å². The van der Waals surface area contributed by atoms with Gasteiger partial charge in [0.05, 0.1) is 13.2 Å². The van der Waals surface area contributed by atoms with Crippen LogP contribution in [0.1, 0.15) is 18.1 Å². The molecule has 0 saturated carbocycles. The van der Waals surface area contributed by atoms with Crippen LogP contribution in [0, 0.1) is 12.7 Å². The van der Waals surface area contributed by atoms with Gasteiger partial charge in [0.25, 0.3) is 0 Å². The van der Waals surface area contributed by atoms with Crippen LogP contribution in [0.25, 0.3) is 0 Å². The molecule has 0 amide bonds. The van der Waals surface area contributed by atoms with Gasteiger partial charge in [0.2, 0.25) is 0 Å². The molecule has 3 heteroatoms. The second kappa shape index (κ2) is 7.36. The Morgan fingerprint density at radius 3 is 2.81 bits per heavy atom. The second-order valence-corrected chi connectivity index (χ2v) is 3.80. The predicted molar refractivity (Wildman–Crippen MR) is 64.2 cm³/mol. The van der Waals surface area contributed by atoms with E-state index in [0.717, 1.165) is 31.7 Å². The van der Waals surface area contributed by atoms with Crippen LogP contribution in [0.4, 0.5) is 4.39 Å². The summed E-state index contributed by atoms with van der Waals surface area (Å²) >= 11 is 0. The highest BCUT2D eigenvalue weighted by molar-refractivity contribution is 5.23. The van der Waals surface area contributed by atoms with Crippen molar-refractivity contribution in [2.45, 2.75) is 20.3 Å². The summed E-state index contributed by atoms with van der Waals surface area (Å²) in [5, 5.41) is 3.19. The summed E-state index contributed by atoms with van der Waals surface area (Å²) in [7, 11) is 0. The summed E-state index contributed by atoms with van der Waals surface area (Å²) < 4.78 is 18.4. The Morgan fingerprint density at radius 2 is 2.12 bits per heavy atom. The van der Waals surface area contributed by atoms with Gasteiger partial charge in [-0.2, -0.15) is 0 Å². The first-order valence-corrected chi connectivity index (χ1v) is 5.77. The van der Waals surface area contributed by atoms with Gasteiger partial charge < -0.3 is 10.1 Å². The van der Waals surface area contributed by atoms with Crippen LogP contribution in [-0.2, 0) is 11.2 Å². The van der Waals surface area contributed by atoms with Crippen molar-refractivity contribution in [2.75, 3.05) is 26.3 Å². The highest BCUT2D eigenvalue weighted by Crippen LogP contribution is 2.09. The Balaban J connectivity index is 2.19. The summed E-state index contributed by atoms with van der Waals surface area (Å²) in [4.78, 5) is 0. The van der Waals surface area contributed by atoms with Crippen molar-refractivity contribution in [3.05, 3.63) is 35.1 Å². The standard InChI is InChI=1S/C13H20FNO/c1-3-15-7-9-16-8-6-12-4-5-13(14)11(2)10-12/h4-5,10,15H,3,6-9H2,1-2H3. The van der Waals surface area contributed by atoms with E-state index in [-0.39, 0.29) is 5.82 Å². The maximum atomic E-state index is 13.0. The second-order valence-electron chi connectivity index (χ2n) is 3.80. The molecule has 0 fully saturated rings. The molecule has 0 aliphatic rings. The number of hydrogen-bond acceptors (Lipinski definition) is 2. The van der Waals surface area contributed by atoms with E-state index in [1.807, 2.05) is 12.1 Å². The van der Waals surface area contributed by atoms with Gasteiger partial charge in [-0.05, 0) is 37.1 Å². The van der Waals surface area contributed by atoms with Crippen LogP contribution in [0.3, 0.4) is 0 Å². The van der Waals surface area contributed by atoms with Crippen molar-refractivity contribution >= 4 is 0 Å². The first-order chi connectivity index (χ1) is 7.74. The fraction of sp³-hybridized carbons (Fsp3) is 0.538. The smallest absolute Gasteiger partial charge is 0.126 e. The molecule has 0 heterocycles. The fourth-order valence-electron chi connectivity index (χ4n) is 1.48. The molecule has 0 aliphatic carbocycles. The number of aryl methyl sites for hydroxylation is 1. The zero-order valence-corrected chi connectivity index (χ0v) is 10.1. The number of likely N-dealkylation sites (N-methyl/N-ethyl adjacent to an activating group) is 1. The molecule has 1 rings (SSSR count). The largest absolute Gasteiger partial charge is 0.380 e. The van der Waals surface area contributed by atoms with Gasteiger partial charge in [-0.15, -0.1) is 0 Å². The minimum atomic E-state index is -0.142. The van der Waals surface area contributed by atoms with Crippen molar-refractivity contribution in [3.8, 4) is 0 Å². The van der Waals surface area contributed by atoms with E-state index in [4.69, 9.17) is 4.74 Å². The Kier molecular flexibility index (Phi) is 6.04. The van der Waals surface area contributed by atoms with E-state index in [9.17, 15) is 4.39 Å². The average Bonchev–Trinajstić information content (AvgIpc) is 2.28. The quantitative estimate of drug-likeness (QED) is 0.719. The summed E-state index contributed by atoms with van der Waals surface area (Å²) in [5.74, 6) is -0.142. The lowest BCUT2D eigenvalue weighted by Crippen LogP contribution is -2.19. The van der Waals surface area contributed by atoms with Gasteiger partial charge in [0, 0.05) is 6.54 Å². The number of hydrogen-bond donors (Lipinski definition) is 1. The zero-order valence-electron chi connectivity index (χ0n) is 10.1. The maximum Gasteiger partial charge on any atom is 0.126 e. The van der Waals surface area contributed by atoms with Gasteiger partial charge in [0.15, 0.2) is 0 Å². The molecule has 0 unspecified atom stereocenters. The van der Waals surface area contributed by atoms with Crippen molar-refractivity contribution in [1.82, 2.24) is 5.32 Å². The van der Waals surface area contributed by atoms with Crippen LogP contribution in [0.5, 0.6) is 0 Å². The van der Waals surface area contributed by atoms with Gasteiger partial charge in [-0.3, -0.25) is 0 Å². The van der Waals surface area contributed by atoms with E-state index < -0.39 is 0 Å². The van der Waals surface area contributed by atoms with E-state index in [0.29, 0.717) is 12.2 Å². The van der Waals surface area contributed by atoms with Crippen molar-refractivity contribution < 1.29 is 9.13 Å². The molecule has 0 saturated heterocycles. The molecule has 1 aromatic rings. The number of nitrogens with one attached hydrogen (secondary N) is 1. The first kappa shape index (κ1) is 13.1. The van der Waals surface area contributed by atoms with Crippen LogP contribution >= 0.6 is 0 Å². The highest BCUT2D eigenvalue weighted by atomic mass is 19.1.